The van der Waals surface area contributed by atoms with Gasteiger partial charge in [0.25, 0.3) is 0 Å². The number of hydrogen-bond acceptors (Lipinski definition) is 2. The fourth-order valence-electron chi connectivity index (χ4n) is 3.82. The molecule has 0 spiro atoms. The fourth-order valence-corrected chi connectivity index (χ4v) is 5.43. The van der Waals surface area contributed by atoms with Crippen LogP contribution in [0.2, 0.25) is 5.02 Å². The van der Waals surface area contributed by atoms with Crippen LogP contribution >= 0.6 is 22.9 Å². The number of hydrogen-bond donors (Lipinski definition) is 1. The molecule has 0 fully saturated rings. The zero-order chi connectivity index (χ0) is 18.4. The van der Waals surface area contributed by atoms with Gasteiger partial charge >= 0.3 is 0 Å². The van der Waals surface area contributed by atoms with Gasteiger partial charge in [-0.1, -0.05) is 53.7 Å². The van der Waals surface area contributed by atoms with Crippen LogP contribution in [0.3, 0.4) is 0 Å². The molecule has 0 unspecified atom stereocenters. The Morgan fingerprint density at radius 2 is 1.96 bits per heavy atom. The van der Waals surface area contributed by atoms with Crippen LogP contribution in [0.4, 0.5) is 0 Å². The van der Waals surface area contributed by atoms with Crippen molar-refractivity contribution in [2.75, 3.05) is 0 Å². The second kappa shape index (κ2) is 6.46. The normalized spacial score (nSPS) is 15.0. The summed E-state index contributed by atoms with van der Waals surface area (Å²) >= 11 is 8.52. The van der Waals surface area contributed by atoms with Gasteiger partial charge in [0, 0.05) is 36.7 Å². The summed E-state index contributed by atoms with van der Waals surface area (Å²) in [4.78, 5) is 1.16. The Kier molecular flexibility index (Phi) is 3.93. The summed E-state index contributed by atoms with van der Waals surface area (Å²) in [6.07, 6.45) is 10.4. The second-order valence-electron chi connectivity index (χ2n) is 6.67. The van der Waals surface area contributed by atoms with Crippen molar-refractivity contribution < 1.29 is 0 Å². The maximum atomic E-state index is 6.75. The zero-order valence-corrected chi connectivity index (χ0v) is 16.1. The molecule has 130 valence electrons. The van der Waals surface area contributed by atoms with Crippen LogP contribution in [-0.4, -0.2) is 0 Å². The molecule has 0 saturated carbocycles. The first-order valence-corrected chi connectivity index (χ1v) is 10.1. The first-order chi connectivity index (χ1) is 13.2. The third-order valence-corrected chi connectivity index (χ3v) is 6.58. The number of nitrogens with two attached hydrogens (primary N) is 1. The predicted molar refractivity (Wildman–Crippen MR) is 117 cm³/mol. The lowest BCUT2D eigenvalue weighted by atomic mass is 9.89. The highest BCUT2D eigenvalue weighted by molar-refractivity contribution is 7.22. The van der Waals surface area contributed by atoms with Crippen molar-refractivity contribution in [1.82, 2.24) is 0 Å². The smallest absolute Gasteiger partial charge is 0.0911 e. The Morgan fingerprint density at radius 3 is 2.85 bits per heavy atom. The molecule has 0 amide bonds. The third-order valence-electron chi connectivity index (χ3n) is 5.07. The fraction of sp³-hybridized carbons (Fsp3) is 0.0833. The van der Waals surface area contributed by atoms with Gasteiger partial charge in [-0.15, -0.1) is 11.3 Å². The van der Waals surface area contributed by atoms with Crippen LogP contribution in [0.1, 0.15) is 23.1 Å². The van der Waals surface area contributed by atoms with E-state index in [9.17, 15) is 0 Å². The Balaban J connectivity index is 1.88. The highest BCUT2D eigenvalue weighted by Gasteiger charge is 2.23. The Hall–Kier alpha value is -2.73. The van der Waals surface area contributed by atoms with E-state index in [1.54, 1.807) is 11.3 Å². The minimum absolute atomic E-state index is 0.610. The van der Waals surface area contributed by atoms with Gasteiger partial charge in [-0.3, -0.25) is 0 Å². The van der Waals surface area contributed by atoms with Gasteiger partial charge in [-0.05, 0) is 54.0 Å². The minimum Gasteiger partial charge on any atom is -0.391 e. The minimum atomic E-state index is 0.610. The molecule has 2 aliphatic carbocycles. The molecular weight excluding hydrogens is 370 g/mol. The topological polar surface area (TPSA) is 26.0 Å². The summed E-state index contributed by atoms with van der Waals surface area (Å²) in [6, 6.07) is 12.6. The largest absolute Gasteiger partial charge is 0.391 e. The molecule has 2 aromatic carbocycles. The summed E-state index contributed by atoms with van der Waals surface area (Å²) in [5, 5.41) is 1.97. The van der Waals surface area contributed by atoms with Crippen LogP contribution in [0.5, 0.6) is 0 Å². The van der Waals surface area contributed by atoms with Gasteiger partial charge in [0.05, 0.1) is 5.70 Å². The molecule has 0 saturated heterocycles. The van der Waals surface area contributed by atoms with Crippen molar-refractivity contribution in [1.29, 1.82) is 0 Å². The van der Waals surface area contributed by atoms with Gasteiger partial charge in [0.15, 0.2) is 0 Å². The Bertz CT molecular complexity index is 1260. The maximum absolute atomic E-state index is 6.75. The number of benzene rings is 2. The van der Waals surface area contributed by atoms with E-state index in [0.717, 1.165) is 39.4 Å². The quantitative estimate of drug-likeness (QED) is 0.486. The first kappa shape index (κ1) is 16.4. The van der Waals surface area contributed by atoms with E-state index in [2.05, 4.69) is 53.9 Å². The molecule has 3 heteroatoms. The zero-order valence-electron chi connectivity index (χ0n) is 14.6. The standard InChI is InChI=1S/C24H16ClNS/c25-19-14-13-15-7-1-2-8-16(15)23(19)24-22(17-9-3-5-11-20(17)26)18-10-4-6-12-21(18)27-24/h2-4,6,8-10,12-14H,1,7,26H2. The average molecular weight is 386 g/mol. The highest BCUT2D eigenvalue weighted by atomic mass is 35.5. The van der Waals surface area contributed by atoms with E-state index in [1.807, 2.05) is 18.2 Å². The molecule has 27 heavy (non-hydrogen) atoms. The Labute approximate surface area is 167 Å². The Morgan fingerprint density at radius 1 is 1.07 bits per heavy atom. The molecule has 0 bridgehead atoms. The number of allylic oxidation sites excluding steroid dienone is 4. The number of rotatable bonds is 2. The van der Waals surface area contributed by atoms with E-state index < -0.39 is 0 Å². The van der Waals surface area contributed by atoms with Gasteiger partial charge in [-0.25, -0.2) is 0 Å². The van der Waals surface area contributed by atoms with Crippen LogP contribution in [-0.2, 0) is 6.42 Å². The molecule has 1 nitrogen and oxygen atoms in total. The summed E-state index contributed by atoms with van der Waals surface area (Å²) in [6.45, 7) is 0. The summed E-state index contributed by atoms with van der Waals surface area (Å²) in [5.74, 6) is 0. The van der Waals surface area contributed by atoms with E-state index in [1.165, 1.54) is 21.2 Å². The summed E-state index contributed by atoms with van der Waals surface area (Å²) < 4.78 is 1.23. The molecule has 2 aliphatic rings. The van der Waals surface area contributed by atoms with Crippen molar-refractivity contribution in [3.05, 3.63) is 93.5 Å². The van der Waals surface area contributed by atoms with Crippen LogP contribution in [0, 0.1) is 0 Å². The van der Waals surface area contributed by atoms with Crippen LogP contribution < -0.4 is 5.73 Å². The van der Waals surface area contributed by atoms with Crippen molar-refractivity contribution >= 4 is 44.7 Å². The number of fused-ring (bicyclic) bond motifs is 2. The van der Waals surface area contributed by atoms with E-state index in [4.69, 9.17) is 17.3 Å². The molecule has 3 aromatic rings. The molecule has 1 aromatic heterocycles. The molecule has 0 atom stereocenters. The van der Waals surface area contributed by atoms with Crippen molar-refractivity contribution in [2.24, 2.45) is 5.73 Å². The van der Waals surface area contributed by atoms with Crippen molar-refractivity contribution in [2.45, 2.75) is 12.8 Å². The first-order valence-electron chi connectivity index (χ1n) is 8.92. The van der Waals surface area contributed by atoms with Gasteiger partial charge < -0.3 is 5.73 Å². The van der Waals surface area contributed by atoms with Gasteiger partial charge in [0.2, 0.25) is 0 Å². The van der Waals surface area contributed by atoms with Gasteiger partial charge in [0.1, 0.15) is 0 Å². The number of aryl methyl sites for hydroxylation is 1. The van der Waals surface area contributed by atoms with E-state index >= 15 is 0 Å². The van der Waals surface area contributed by atoms with E-state index in [-0.39, 0.29) is 0 Å². The van der Waals surface area contributed by atoms with Crippen molar-refractivity contribution in [3.8, 4) is 10.4 Å². The SMILES string of the molecule is NC1=C=C=CC=C1c1c(-c2c(Cl)ccc3c2C=CCC3)sc2ccccc12. The number of halogens is 1. The highest BCUT2D eigenvalue weighted by Crippen LogP contribution is 2.48. The summed E-state index contributed by atoms with van der Waals surface area (Å²) in [7, 11) is 0. The molecule has 2 N–H and O–H groups in total. The molecule has 1 heterocycles. The van der Waals surface area contributed by atoms with Crippen LogP contribution in [0.15, 0.2) is 71.8 Å². The lowest BCUT2D eigenvalue weighted by Gasteiger charge is -2.18. The van der Waals surface area contributed by atoms with Gasteiger partial charge in [-0.2, -0.15) is 0 Å². The maximum Gasteiger partial charge on any atom is 0.0911 e. The van der Waals surface area contributed by atoms with Crippen LogP contribution in [0.25, 0.3) is 32.2 Å². The number of thiophene rings is 1. The van der Waals surface area contributed by atoms with E-state index in [0.29, 0.717) is 5.70 Å². The summed E-state index contributed by atoms with van der Waals surface area (Å²) in [5.41, 5.74) is 18.7. The lowest BCUT2D eigenvalue weighted by Crippen LogP contribution is -2.02. The predicted octanol–water partition coefficient (Wildman–Crippen LogP) is 6.73. The second-order valence-corrected chi connectivity index (χ2v) is 8.13. The monoisotopic (exact) mass is 385 g/mol. The molecule has 0 aliphatic heterocycles. The third kappa shape index (κ3) is 2.63. The van der Waals surface area contributed by atoms with Crippen molar-refractivity contribution in [3.63, 3.8) is 0 Å². The molecular formula is C24H16ClNS. The lowest BCUT2D eigenvalue weighted by molar-refractivity contribution is 0.987. The molecule has 0 radical (unpaired) electrons. The molecule has 5 rings (SSSR count). The average Bonchev–Trinajstić information content (AvgIpc) is 3.07.